The molecule has 0 aromatic heterocycles. The zero-order valence-corrected chi connectivity index (χ0v) is 17.6. The van der Waals surface area contributed by atoms with E-state index in [0.29, 0.717) is 16.9 Å². The Kier molecular flexibility index (Phi) is 7.02. The lowest BCUT2D eigenvalue weighted by molar-refractivity contribution is 0.0680. The van der Waals surface area contributed by atoms with Crippen molar-refractivity contribution < 1.29 is 19.1 Å². The van der Waals surface area contributed by atoms with Gasteiger partial charge in [-0.3, -0.25) is 0 Å². The Hall–Kier alpha value is -3.40. The van der Waals surface area contributed by atoms with Crippen LogP contribution in [-0.4, -0.2) is 11.9 Å². The molecule has 154 valence electrons. The second-order valence-electron chi connectivity index (χ2n) is 7.43. The van der Waals surface area contributed by atoms with E-state index in [0.717, 1.165) is 24.0 Å². The number of carbonyl (C=O) groups is 2. The highest BCUT2D eigenvalue weighted by Gasteiger charge is 2.22. The molecule has 0 saturated heterocycles. The monoisotopic (exact) mass is 402 g/mol. The summed E-state index contributed by atoms with van der Waals surface area (Å²) in [5.74, 6) is -0.339. The Bertz CT molecular complexity index is 1010. The van der Waals surface area contributed by atoms with Crippen molar-refractivity contribution in [2.75, 3.05) is 0 Å². The molecule has 3 aromatic rings. The highest BCUT2D eigenvalue weighted by atomic mass is 16.6. The summed E-state index contributed by atoms with van der Waals surface area (Å²) in [5, 5.41) is 0. The van der Waals surface area contributed by atoms with Gasteiger partial charge in [0.05, 0.1) is 11.1 Å². The van der Waals surface area contributed by atoms with Crippen LogP contribution in [0.15, 0.2) is 72.8 Å². The van der Waals surface area contributed by atoms with Crippen molar-refractivity contribution in [2.24, 2.45) is 0 Å². The number of rotatable bonds is 7. The van der Waals surface area contributed by atoms with Crippen LogP contribution in [0, 0.1) is 0 Å². The van der Waals surface area contributed by atoms with Crippen molar-refractivity contribution in [3.63, 3.8) is 0 Å². The van der Waals surface area contributed by atoms with Crippen LogP contribution >= 0.6 is 0 Å². The number of carbonyl (C=O) groups excluding carboxylic acids is 2. The minimum absolute atomic E-state index is 0.0783. The van der Waals surface area contributed by atoms with Gasteiger partial charge in [0.25, 0.3) is 0 Å². The normalized spacial score (nSPS) is 10.7. The van der Waals surface area contributed by atoms with Gasteiger partial charge in [-0.15, -0.1) is 0 Å². The summed E-state index contributed by atoms with van der Waals surface area (Å²) in [6.45, 7) is 6.13. The Balaban J connectivity index is 2.03. The fourth-order valence-electron chi connectivity index (χ4n) is 3.19. The van der Waals surface area contributed by atoms with Gasteiger partial charge in [-0.1, -0.05) is 69.7 Å². The Morgan fingerprint density at radius 3 is 1.83 bits per heavy atom. The molecule has 4 nitrogen and oxygen atoms in total. The molecule has 0 aliphatic rings. The van der Waals surface area contributed by atoms with Gasteiger partial charge in [0.15, 0.2) is 11.5 Å². The predicted molar refractivity (Wildman–Crippen MR) is 117 cm³/mol. The number of benzene rings is 3. The standard InChI is InChI=1S/C26H26O4/c1-4-11-19-16-22(18(2)3)24(30-26(28)21-14-9-6-10-15-21)23(17-19)29-25(27)20-12-7-5-8-13-20/h5-10,12-18H,4,11H2,1-3H3. The fourth-order valence-corrected chi connectivity index (χ4v) is 3.19. The SMILES string of the molecule is CCCc1cc(OC(=O)c2ccccc2)c(OC(=O)c2ccccc2)c(C(C)C)c1. The van der Waals surface area contributed by atoms with E-state index in [1.54, 1.807) is 54.6 Å². The van der Waals surface area contributed by atoms with Crippen molar-refractivity contribution in [3.8, 4) is 11.5 Å². The van der Waals surface area contributed by atoms with Crippen LogP contribution in [0.1, 0.15) is 65.0 Å². The molecule has 0 atom stereocenters. The van der Waals surface area contributed by atoms with Crippen LogP contribution in [0.3, 0.4) is 0 Å². The van der Waals surface area contributed by atoms with E-state index in [2.05, 4.69) is 6.92 Å². The maximum absolute atomic E-state index is 12.7. The molecule has 0 unspecified atom stereocenters. The van der Waals surface area contributed by atoms with Crippen molar-refractivity contribution in [1.29, 1.82) is 0 Å². The average molecular weight is 402 g/mol. The van der Waals surface area contributed by atoms with Crippen molar-refractivity contribution in [3.05, 3.63) is 95.1 Å². The molecule has 0 heterocycles. The molecular formula is C26H26O4. The second-order valence-corrected chi connectivity index (χ2v) is 7.43. The van der Waals surface area contributed by atoms with E-state index in [4.69, 9.17) is 9.47 Å². The number of ether oxygens (including phenoxy) is 2. The van der Waals surface area contributed by atoms with E-state index >= 15 is 0 Å². The molecule has 0 aliphatic carbocycles. The minimum Gasteiger partial charge on any atom is -0.419 e. The van der Waals surface area contributed by atoms with E-state index < -0.39 is 11.9 Å². The van der Waals surface area contributed by atoms with Crippen molar-refractivity contribution in [2.45, 2.75) is 39.5 Å². The van der Waals surface area contributed by atoms with Crippen LogP contribution in [-0.2, 0) is 6.42 Å². The molecule has 3 rings (SSSR count). The third-order valence-electron chi connectivity index (χ3n) is 4.72. The van der Waals surface area contributed by atoms with Crippen LogP contribution in [0.5, 0.6) is 11.5 Å². The average Bonchev–Trinajstić information content (AvgIpc) is 2.76. The highest BCUT2D eigenvalue weighted by Crippen LogP contribution is 2.38. The van der Waals surface area contributed by atoms with Gasteiger partial charge in [0, 0.05) is 5.56 Å². The molecule has 0 bridgehead atoms. The third-order valence-corrected chi connectivity index (χ3v) is 4.72. The molecule has 4 heteroatoms. The van der Waals surface area contributed by atoms with Gasteiger partial charge in [-0.2, -0.15) is 0 Å². The van der Waals surface area contributed by atoms with Crippen LogP contribution in [0.2, 0.25) is 0 Å². The van der Waals surface area contributed by atoms with Gasteiger partial charge in [-0.25, -0.2) is 9.59 Å². The maximum atomic E-state index is 12.7. The lowest BCUT2D eigenvalue weighted by Gasteiger charge is -2.19. The molecule has 0 N–H and O–H groups in total. The second kappa shape index (κ2) is 9.88. The first-order chi connectivity index (χ1) is 14.5. The number of esters is 2. The summed E-state index contributed by atoms with van der Waals surface area (Å²) in [5.41, 5.74) is 2.74. The van der Waals surface area contributed by atoms with Gasteiger partial charge < -0.3 is 9.47 Å². The van der Waals surface area contributed by atoms with Gasteiger partial charge in [0.1, 0.15) is 0 Å². The Morgan fingerprint density at radius 2 is 1.33 bits per heavy atom. The van der Waals surface area contributed by atoms with Gasteiger partial charge >= 0.3 is 11.9 Å². The Morgan fingerprint density at radius 1 is 0.800 bits per heavy atom. The molecule has 0 saturated carbocycles. The molecule has 0 spiro atoms. The molecule has 0 amide bonds. The van der Waals surface area contributed by atoms with Gasteiger partial charge in [0.2, 0.25) is 0 Å². The van der Waals surface area contributed by atoms with E-state index in [-0.39, 0.29) is 11.7 Å². The summed E-state index contributed by atoms with van der Waals surface area (Å²) >= 11 is 0. The Labute approximate surface area is 177 Å². The number of hydrogen-bond acceptors (Lipinski definition) is 4. The molecule has 0 radical (unpaired) electrons. The third kappa shape index (κ3) is 5.15. The first-order valence-electron chi connectivity index (χ1n) is 10.2. The lowest BCUT2D eigenvalue weighted by Crippen LogP contribution is -2.14. The first-order valence-corrected chi connectivity index (χ1v) is 10.2. The van der Waals surface area contributed by atoms with Crippen LogP contribution in [0.25, 0.3) is 0 Å². The zero-order valence-electron chi connectivity index (χ0n) is 17.6. The summed E-state index contributed by atoms with van der Waals surface area (Å²) in [6, 6.07) is 21.4. The highest BCUT2D eigenvalue weighted by molar-refractivity contribution is 5.93. The van der Waals surface area contributed by atoms with Crippen LogP contribution < -0.4 is 9.47 Å². The molecule has 30 heavy (non-hydrogen) atoms. The van der Waals surface area contributed by atoms with Gasteiger partial charge in [-0.05, 0) is 48.2 Å². The molecule has 0 fully saturated rings. The molecule has 0 aliphatic heterocycles. The first kappa shape index (κ1) is 21.3. The topological polar surface area (TPSA) is 52.6 Å². The summed E-state index contributed by atoms with van der Waals surface area (Å²) in [7, 11) is 0. The lowest BCUT2D eigenvalue weighted by atomic mass is 9.97. The van der Waals surface area contributed by atoms with E-state index in [1.807, 2.05) is 32.0 Å². The van der Waals surface area contributed by atoms with Crippen molar-refractivity contribution in [1.82, 2.24) is 0 Å². The summed E-state index contributed by atoms with van der Waals surface area (Å²) < 4.78 is 11.5. The maximum Gasteiger partial charge on any atom is 0.343 e. The van der Waals surface area contributed by atoms with E-state index in [1.165, 1.54) is 0 Å². The quantitative estimate of drug-likeness (QED) is 0.349. The molecule has 3 aromatic carbocycles. The summed E-state index contributed by atoms with van der Waals surface area (Å²) in [6.07, 6.45) is 1.79. The largest absolute Gasteiger partial charge is 0.419 e. The summed E-state index contributed by atoms with van der Waals surface area (Å²) in [4.78, 5) is 25.5. The minimum atomic E-state index is -0.490. The number of hydrogen-bond donors (Lipinski definition) is 0. The molecular weight excluding hydrogens is 376 g/mol. The zero-order chi connectivity index (χ0) is 21.5. The smallest absolute Gasteiger partial charge is 0.343 e. The van der Waals surface area contributed by atoms with Crippen molar-refractivity contribution >= 4 is 11.9 Å². The predicted octanol–water partition coefficient (Wildman–Crippen LogP) is 6.20. The van der Waals surface area contributed by atoms with E-state index in [9.17, 15) is 9.59 Å². The van der Waals surface area contributed by atoms with Crippen LogP contribution in [0.4, 0.5) is 0 Å². The fraction of sp³-hybridized carbons (Fsp3) is 0.231. The number of aryl methyl sites for hydroxylation is 1.